The fourth-order valence-corrected chi connectivity index (χ4v) is 7.94. The van der Waals surface area contributed by atoms with E-state index in [0.717, 1.165) is 35.5 Å². The van der Waals surface area contributed by atoms with E-state index in [-0.39, 0.29) is 0 Å². The maximum atomic E-state index is 2.46. The third kappa shape index (κ3) is 7.60. The summed E-state index contributed by atoms with van der Waals surface area (Å²) >= 11 is 0. The van der Waals surface area contributed by atoms with Crippen LogP contribution in [0.5, 0.6) is 0 Å². The molecular formula is C33H54. The first-order chi connectivity index (χ1) is 16.2. The molecule has 0 radical (unpaired) electrons. The van der Waals surface area contributed by atoms with Crippen molar-refractivity contribution in [3.05, 3.63) is 35.4 Å². The van der Waals surface area contributed by atoms with Gasteiger partial charge >= 0.3 is 0 Å². The van der Waals surface area contributed by atoms with Gasteiger partial charge in [0.05, 0.1) is 0 Å². The van der Waals surface area contributed by atoms with Gasteiger partial charge in [0.25, 0.3) is 0 Å². The van der Waals surface area contributed by atoms with Gasteiger partial charge in [-0.2, -0.15) is 0 Å². The van der Waals surface area contributed by atoms with E-state index < -0.39 is 0 Å². The second-order valence-corrected chi connectivity index (χ2v) is 12.5. The largest absolute Gasteiger partial charge is 0.0654 e. The van der Waals surface area contributed by atoms with Gasteiger partial charge in [0, 0.05) is 0 Å². The highest BCUT2D eigenvalue weighted by Crippen LogP contribution is 2.49. The zero-order valence-electron chi connectivity index (χ0n) is 22.2. The van der Waals surface area contributed by atoms with Crippen molar-refractivity contribution in [2.75, 3.05) is 0 Å². The molecule has 1 aromatic rings. The topological polar surface area (TPSA) is 0 Å². The number of unbranched alkanes of at least 4 members (excludes halogenated alkanes) is 3. The molecule has 4 rings (SSSR count). The quantitative estimate of drug-likeness (QED) is 0.294. The number of aryl methyl sites for hydroxylation is 1. The van der Waals surface area contributed by atoms with E-state index in [2.05, 4.69) is 38.1 Å². The van der Waals surface area contributed by atoms with E-state index >= 15 is 0 Å². The molecule has 0 aliphatic heterocycles. The molecule has 0 amide bonds. The van der Waals surface area contributed by atoms with Crippen molar-refractivity contribution in [1.29, 1.82) is 0 Å². The van der Waals surface area contributed by atoms with Crippen LogP contribution in [0.2, 0.25) is 0 Å². The molecule has 0 bridgehead atoms. The molecule has 3 fully saturated rings. The monoisotopic (exact) mass is 450 g/mol. The summed E-state index contributed by atoms with van der Waals surface area (Å²) in [5, 5.41) is 0. The molecule has 0 nitrogen and oxygen atoms in total. The first-order valence-electron chi connectivity index (χ1n) is 15.3. The average Bonchev–Trinajstić information content (AvgIpc) is 2.86. The molecule has 0 saturated heterocycles. The van der Waals surface area contributed by atoms with Crippen molar-refractivity contribution in [3.8, 4) is 0 Å². The van der Waals surface area contributed by atoms with E-state index in [4.69, 9.17) is 0 Å². The van der Waals surface area contributed by atoms with Crippen molar-refractivity contribution in [3.63, 3.8) is 0 Å². The van der Waals surface area contributed by atoms with Crippen LogP contribution in [0.4, 0.5) is 0 Å². The summed E-state index contributed by atoms with van der Waals surface area (Å²) in [6.07, 6.45) is 28.2. The molecule has 0 heteroatoms. The lowest BCUT2D eigenvalue weighted by Gasteiger charge is -2.43. The Hall–Kier alpha value is -0.780. The third-order valence-electron chi connectivity index (χ3n) is 10.1. The summed E-state index contributed by atoms with van der Waals surface area (Å²) in [5.41, 5.74) is 3.16. The smallest absolute Gasteiger partial charge is 0.0159 e. The van der Waals surface area contributed by atoms with Crippen LogP contribution in [0, 0.1) is 29.6 Å². The average molecular weight is 451 g/mol. The number of rotatable bonds is 11. The summed E-state index contributed by atoms with van der Waals surface area (Å²) < 4.78 is 0. The van der Waals surface area contributed by atoms with Crippen molar-refractivity contribution < 1.29 is 0 Å². The van der Waals surface area contributed by atoms with E-state index in [0.29, 0.717) is 0 Å². The highest BCUT2D eigenvalue weighted by Gasteiger charge is 2.36. The van der Waals surface area contributed by atoms with E-state index in [1.807, 2.05) is 0 Å². The Labute approximate surface area is 206 Å². The van der Waals surface area contributed by atoms with Crippen LogP contribution < -0.4 is 0 Å². The number of benzene rings is 1. The normalized spacial score (nSPS) is 32.4. The van der Waals surface area contributed by atoms with Crippen LogP contribution in [0.15, 0.2) is 24.3 Å². The van der Waals surface area contributed by atoms with Gasteiger partial charge in [0.15, 0.2) is 0 Å². The predicted molar refractivity (Wildman–Crippen MR) is 145 cm³/mol. The van der Waals surface area contributed by atoms with E-state index in [1.165, 1.54) is 82.6 Å². The molecular weight excluding hydrogens is 396 g/mol. The Bertz CT molecular complexity index is 649. The summed E-state index contributed by atoms with van der Waals surface area (Å²) in [6.45, 7) is 4.61. The predicted octanol–water partition coefficient (Wildman–Crippen LogP) is 10.5. The molecule has 1 aromatic carbocycles. The molecule has 3 aliphatic rings. The summed E-state index contributed by atoms with van der Waals surface area (Å²) in [7, 11) is 0. The number of fused-ring (bicyclic) bond motifs is 1. The van der Waals surface area contributed by atoms with Crippen LogP contribution in [0.25, 0.3) is 0 Å². The van der Waals surface area contributed by atoms with Crippen molar-refractivity contribution in [1.82, 2.24) is 0 Å². The number of hydrogen-bond donors (Lipinski definition) is 0. The Morgan fingerprint density at radius 3 is 1.94 bits per heavy atom. The molecule has 0 spiro atoms. The Morgan fingerprint density at radius 1 is 0.576 bits per heavy atom. The lowest BCUT2D eigenvalue weighted by molar-refractivity contribution is 0.108. The van der Waals surface area contributed by atoms with Gasteiger partial charge < -0.3 is 0 Å². The molecule has 4 unspecified atom stereocenters. The SMILES string of the molecule is CCCCCCC1CCC(CCC2CCC3CC(c4ccc(CCC)cc4)CCC3C2)CC1. The summed E-state index contributed by atoms with van der Waals surface area (Å²) in [5.74, 6) is 6.13. The van der Waals surface area contributed by atoms with Crippen LogP contribution in [-0.2, 0) is 6.42 Å². The highest BCUT2D eigenvalue weighted by atomic mass is 14.4. The fraction of sp³-hybridized carbons (Fsp3) is 0.818. The van der Waals surface area contributed by atoms with Crippen molar-refractivity contribution in [2.45, 2.75) is 142 Å². The summed E-state index contributed by atoms with van der Waals surface area (Å²) in [4.78, 5) is 0. The first-order valence-corrected chi connectivity index (χ1v) is 15.3. The zero-order valence-corrected chi connectivity index (χ0v) is 22.2. The first kappa shape index (κ1) is 25.3. The van der Waals surface area contributed by atoms with Crippen molar-refractivity contribution >= 4 is 0 Å². The number of hydrogen-bond acceptors (Lipinski definition) is 0. The van der Waals surface area contributed by atoms with Crippen LogP contribution in [0.1, 0.15) is 146 Å². The van der Waals surface area contributed by atoms with Crippen LogP contribution in [-0.4, -0.2) is 0 Å². The molecule has 33 heavy (non-hydrogen) atoms. The molecule has 186 valence electrons. The Balaban J connectivity index is 1.13. The van der Waals surface area contributed by atoms with E-state index in [9.17, 15) is 0 Å². The highest BCUT2D eigenvalue weighted by molar-refractivity contribution is 5.26. The molecule has 3 saturated carbocycles. The van der Waals surface area contributed by atoms with Gasteiger partial charge in [-0.15, -0.1) is 0 Å². The van der Waals surface area contributed by atoms with Crippen LogP contribution in [0.3, 0.4) is 0 Å². The lowest BCUT2D eigenvalue weighted by atomic mass is 9.63. The summed E-state index contributed by atoms with van der Waals surface area (Å²) in [6, 6.07) is 9.73. The molecule has 4 atom stereocenters. The van der Waals surface area contributed by atoms with Crippen LogP contribution >= 0.6 is 0 Å². The van der Waals surface area contributed by atoms with Gasteiger partial charge in [0.1, 0.15) is 0 Å². The fourth-order valence-electron chi connectivity index (χ4n) is 7.94. The molecule has 0 N–H and O–H groups in total. The maximum absolute atomic E-state index is 2.46. The van der Waals surface area contributed by atoms with Gasteiger partial charge in [-0.05, 0) is 85.2 Å². The molecule has 0 aromatic heterocycles. The Kier molecular flexibility index (Phi) is 10.2. The zero-order chi connectivity index (χ0) is 22.9. The second-order valence-electron chi connectivity index (χ2n) is 12.5. The second kappa shape index (κ2) is 13.3. The lowest BCUT2D eigenvalue weighted by Crippen LogP contribution is -2.30. The van der Waals surface area contributed by atoms with Gasteiger partial charge in [-0.3, -0.25) is 0 Å². The van der Waals surface area contributed by atoms with E-state index in [1.54, 1.807) is 50.5 Å². The molecule has 3 aliphatic carbocycles. The standard InChI is InChI=1S/C33H54/c1-3-5-6-7-9-27-10-12-28(13-11-27)14-15-29-18-21-33-25-32(23-22-31(33)24-29)30-19-16-26(8-4-2)17-20-30/h16-17,19-20,27-29,31-33H,3-15,18,21-25H2,1-2H3. The van der Waals surface area contributed by atoms with Gasteiger partial charge in [-0.1, -0.05) is 122 Å². The minimum Gasteiger partial charge on any atom is -0.0654 e. The maximum Gasteiger partial charge on any atom is -0.0159 e. The van der Waals surface area contributed by atoms with Gasteiger partial charge in [0.2, 0.25) is 0 Å². The Morgan fingerprint density at radius 2 is 1.21 bits per heavy atom. The third-order valence-corrected chi connectivity index (χ3v) is 10.1. The van der Waals surface area contributed by atoms with Crippen molar-refractivity contribution in [2.24, 2.45) is 29.6 Å². The minimum atomic E-state index is 0.843. The molecule has 0 heterocycles. The van der Waals surface area contributed by atoms with Gasteiger partial charge in [-0.25, -0.2) is 0 Å². The minimum absolute atomic E-state index is 0.843.